The summed E-state index contributed by atoms with van der Waals surface area (Å²) in [6.45, 7) is 2.08. The Balaban J connectivity index is 2.13. The highest BCUT2D eigenvalue weighted by molar-refractivity contribution is 9.10. The molecular formula is C13H13BrClN3. The number of hydrogen-bond donors (Lipinski definition) is 0. The lowest BCUT2D eigenvalue weighted by atomic mass is 10.1. The first-order chi connectivity index (χ1) is 8.69. The molecule has 0 amide bonds. The monoisotopic (exact) mass is 325 g/mol. The summed E-state index contributed by atoms with van der Waals surface area (Å²) in [7, 11) is 0. The normalized spacial score (nSPS) is 15.1. The van der Waals surface area contributed by atoms with Gasteiger partial charge in [-0.25, -0.2) is 0 Å². The minimum atomic E-state index is 0.413. The van der Waals surface area contributed by atoms with Gasteiger partial charge in [-0.15, -0.1) is 21.8 Å². The van der Waals surface area contributed by atoms with E-state index >= 15 is 0 Å². The molecule has 1 aliphatic rings. The lowest BCUT2D eigenvalue weighted by molar-refractivity contribution is 0.712. The van der Waals surface area contributed by atoms with Crippen molar-refractivity contribution >= 4 is 27.5 Å². The summed E-state index contributed by atoms with van der Waals surface area (Å²) in [6, 6.07) is 6.83. The molecule has 94 valence electrons. The molecule has 0 N–H and O–H groups in total. The third-order valence-electron chi connectivity index (χ3n) is 3.10. The summed E-state index contributed by atoms with van der Waals surface area (Å²) in [5.74, 6) is 2.21. The lowest BCUT2D eigenvalue weighted by Crippen LogP contribution is -2.02. The summed E-state index contributed by atoms with van der Waals surface area (Å²) in [6.07, 6.45) is 2.39. The predicted molar refractivity (Wildman–Crippen MR) is 75.7 cm³/mol. The summed E-state index contributed by atoms with van der Waals surface area (Å²) in [4.78, 5) is 0. The van der Waals surface area contributed by atoms with Crippen LogP contribution in [0.1, 0.15) is 30.3 Å². The fourth-order valence-corrected chi connectivity index (χ4v) is 2.98. The molecule has 3 rings (SSSR count). The Hall–Kier alpha value is -0.870. The molecule has 0 saturated heterocycles. The number of benzene rings is 1. The van der Waals surface area contributed by atoms with E-state index in [0.29, 0.717) is 11.9 Å². The number of rotatable bonds is 3. The van der Waals surface area contributed by atoms with Crippen LogP contribution in [-0.4, -0.2) is 14.8 Å². The van der Waals surface area contributed by atoms with Crippen LogP contribution in [0, 0.1) is 6.92 Å². The molecule has 3 nitrogen and oxygen atoms in total. The van der Waals surface area contributed by atoms with Crippen molar-refractivity contribution in [2.24, 2.45) is 0 Å². The summed E-state index contributed by atoms with van der Waals surface area (Å²) < 4.78 is 3.25. The van der Waals surface area contributed by atoms with Crippen LogP contribution in [-0.2, 0) is 5.88 Å². The van der Waals surface area contributed by atoms with Crippen molar-refractivity contribution in [3.63, 3.8) is 0 Å². The molecule has 0 aliphatic heterocycles. The van der Waals surface area contributed by atoms with E-state index in [2.05, 4.69) is 55.8 Å². The topological polar surface area (TPSA) is 30.7 Å². The number of halogens is 2. The molecule has 1 fully saturated rings. The Labute approximate surface area is 119 Å². The molecule has 2 aromatic rings. The van der Waals surface area contributed by atoms with Crippen LogP contribution in [0.25, 0.3) is 11.4 Å². The zero-order chi connectivity index (χ0) is 12.7. The van der Waals surface area contributed by atoms with E-state index in [1.165, 1.54) is 18.4 Å². The second-order valence-electron chi connectivity index (χ2n) is 4.69. The summed E-state index contributed by atoms with van der Waals surface area (Å²) in [5.41, 5.74) is 2.30. The second-order valence-corrected chi connectivity index (χ2v) is 5.87. The van der Waals surface area contributed by atoms with Gasteiger partial charge in [-0.3, -0.25) is 0 Å². The quantitative estimate of drug-likeness (QED) is 0.795. The van der Waals surface area contributed by atoms with E-state index < -0.39 is 0 Å². The Morgan fingerprint density at radius 2 is 2.11 bits per heavy atom. The third-order valence-corrected chi connectivity index (χ3v) is 3.80. The van der Waals surface area contributed by atoms with Gasteiger partial charge in [0.15, 0.2) is 5.82 Å². The highest BCUT2D eigenvalue weighted by Crippen LogP contribution is 2.39. The van der Waals surface area contributed by atoms with Crippen LogP contribution in [0.5, 0.6) is 0 Å². The van der Waals surface area contributed by atoms with Crippen LogP contribution in [0.2, 0.25) is 0 Å². The molecule has 1 aliphatic carbocycles. The molecule has 1 saturated carbocycles. The highest BCUT2D eigenvalue weighted by atomic mass is 79.9. The van der Waals surface area contributed by atoms with Gasteiger partial charge in [-0.2, -0.15) is 0 Å². The first kappa shape index (κ1) is 12.2. The maximum Gasteiger partial charge on any atom is 0.164 e. The first-order valence-electron chi connectivity index (χ1n) is 5.96. The standard InChI is InChI=1S/C13H13BrClN3/c1-8-4-9(6-10(14)5-8)13-17-16-12(7-15)18(13)11-2-3-11/h4-6,11H,2-3,7H2,1H3. The molecular weight excluding hydrogens is 314 g/mol. The fourth-order valence-electron chi connectivity index (χ4n) is 2.19. The summed E-state index contributed by atoms with van der Waals surface area (Å²) in [5, 5.41) is 8.51. The minimum Gasteiger partial charge on any atom is -0.307 e. The van der Waals surface area contributed by atoms with Gasteiger partial charge in [0, 0.05) is 16.1 Å². The third kappa shape index (κ3) is 2.19. The van der Waals surface area contributed by atoms with Gasteiger partial charge < -0.3 is 4.57 Å². The molecule has 5 heteroatoms. The Bertz CT molecular complexity index is 570. The molecule has 0 radical (unpaired) electrons. The maximum absolute atomic E-state index is 5.93. The van der Waals surface area contributed by atoms with Gasteiger partial charge in [-0.05, 0) is 43.5 Å². The fraction of sp³-hybridized carbons (Fsp3) is 0.385. The number of aryl methyl sites for hydroxylation is 1. The van der Waals surface area contributed by atoms with E-state index in [1.54, 1.807) is 0 Å². The van der Waals surface area contributed by atoms with Crippen molar-refractivity contribution in [1.82, 2.24) is 14.8 Å². The second kappa shape index (κ2) is 4.67. The van der Waals surface area contributed by atoms with Crippen LogP contribution in [0.3, 0.4) is 0 Å². The molecule has 1 aromatic carbocycles. The van der Waals surface area contributed by atoms with E-state index in [0.717, 1.165) is 21.7 Å². The van der Waals surface area contributed by atoms with Gasteiger partial charge in [0.1, 0.15) is 5.82 Å². The number of hydrogen-bond acceptors (Lipinski definition) is 2. The number of alkyl halides is 1. The van der Waals surface area contributed by atoms with Crippen molar-refractivity contribution in [3.8, 4) is 11.4 Å². The van der Waals surface area contributed by atoms with Crippen molar-refractivity contribution < 1.29 is 0 Å². The SMILES string of the molecule is Cc1cc(Br)cc(-c2nnc(CCl)n2C2CC2)c1. The van der Waals surface area contributed by atoms with Gasteiger partial charge in [0.25, 0.3) is 0 Å². The average molecular weight is 327 g/mol. The molecule has 0 bridgehead atoms. The van der Waals surface area contributed by atoms with E-state index in [9.17, 15) is 0 Å². The van der Waals surface area contributed by atoms with Gasteiger partial charge in [0.05, 0.1) is 5.88 Å². The van der Waals surface area contributed by atoms with Crippen molar-refractivity contribution in [2.75, 3.05) is 0 Å². The largest absolute Gasteiger partial charge is 0.307 e. The Morgan fingerprint density at radius 3 is 2.72 bits per heavy atom. The minimum absolute atomic E-state index is 0.413. The smallest absolute Gasteiger partial charge is 0.164 e. The zero-order valence-corrected chi connectivity index (χ0v) is 12.4. The molecule has 0 unspecified atom stereocenters. The molecule has 1 heterocycles. The number of nitrogens with zero attached hydrogens (tertiary/aromatic N) is 3. The first-order valence-corrected chi connectivity index (χ1v) is 7.29. The predicted octanol–water partition coefficient (Wildman–Crippen LogP) is 4.09. The lowest BCUT2D eigenvalue weighted by Gasteiger charge is -2.08. The average Bonchev–Trinajstić information content (AvgIpc) is 3.07. The maximum atomic E-state index is 5.93. The van der Waals surface area contributed by atoms with Gasteiger partial charge in [-0.1, -0.05) is 15.9 Å². The van der Waals surface area contributed by atoms with Crippen LogP contribution in [0.4, 0.5) is 0 Å². The van der Waals surface area contributed by atoms with Crippen LogP contribution >= 0.6 is 27.5 Å². The zero-order valence-electron chi connectivity index (χ0n) is 10.0. The summed E-state index contributed by atoms with van der Waals surface area (Å²) >= 11 is 9.46. The van der Waals surface area contributed by atoms with Crippen molar-refractivity contribution in [1.29, 1.82) is 0 Å². The van der Waals surface area contributed by atoms with E-state index in [-0.39, 0.29) is 0 Å². The molecule has 0 atom stereocenters. The van der Waals surface area contributed by atoms with Crippen LogP contribution < -0.4 is 0 Å². The molecule has 1 aromatic heterocycles. The number of aromatic nitrogens is 3. The molecule has 0 spiro atoms. The van der Waals surface area contributed by atoms with Crippen LogP contribution in [0.15, 0.2) is 22.7 Å². The Morgan fingerprint density at radius 1 is 1.33 bits per heavy atom. The van der Waals surface area contributed by atoms with Crippen molar-refractivity contribution in [3.05, 3.63) is 34.1 Å². The van der Waals surface area contributed by atoms with Gasteiger partial charge >= 0.3 is 0 Å². The van der Waals surface area contributed by atoms with E-state index in [4.69, 9.17) is 11.6 Å². The van der Waals surface area contributed by atoms with E-state index in [1.807, 2.05) is 0 Å². The van der Waals surface area contributed by atoms with Crippen molar-refractivity contribution in [2.45, 2.75) is 31.7 Å². The highest BCUT2D eigenvalue weighted by Gasteiger charge is 2.29. The van der Waals surface area contributed by atoms with Gasteiger partial charge in [0.2, 0.25) is 0 Å². The molecule has 18 heavy (non-hydrogen) atoms. The Kier molecular flexibility index (Phi) is 3.16.